The fraction of sp³-hybridized carbons (Fsp3) is 0.615. The van der Waals surface area contributed by atoms with Gasteiger partial charge < -0.3 is 9.32 Å². The molecule has 0 N–H and O–H groups in total. The lowest BCUT2D eigenvalue weighted by atomic mass is 9.92. The zero-order valence-electron chi connectivity index (χ0n) is 10.2. The maximum Gasteiger partial charge on any atom is 0.289 e. The van der Waals surface area contributed by atoms with Gasteiger partial charge in [0.1, 0.15) is 0 Å². The van der Waals surface area contributed by atoms with Gasteiger partial charge in [0.05, 0.1) is 6.26 Å². The molecule has 1 aliphatic heterocycles. The van der Waals surface area contributed by atoms with E-state index in [1.807, 2.05) is 17.9 Å². The Bertz CT molecular complexity index is 373. The van der Waals surface area contributed by atoms with Crippen molar-refractivity contribution in [1.29, 1.82) is 0 Å². The topological polar surface area (TPSA) is 33.5 Å². The Hall–Kier alpha value is -1.25. The molecule has 1 aromatic rings. The summed E-state index contributed by atoms with van der Waals surface area (Å²) in [6.45, 7) is 8.01. The molecular formula is C13H19NO2. The fourth-order valence-corrected chi connectivity index (χ4v) is 2.56. The first-order valence-corrected chi connectivity index (χ1v) is 5.91. The highest BCUT2D eigenvalue weighted by atomic mass is 16.3. The van der Waals surface area contributed by atoms with Crippen LogP contribution in [0.2, 0.25) is 0 Å². The summed E-state index contributed by atoms with van der Waals surface area (Å²) in [4.78, 5) is 14.1. The second kappa shape index (κ2) is 4.32. The normalized spacial score (nSPS) is 25.8. The number of amides is 1. The van der Waals surface area contributed by atoms with E-state index in [2.05, 4.69) is 13.8 Å². The predicted octanol–water partition coefficient (Wildman–Crippen LogP) is 2.71. The van der Waals surface area contributed by atoms with Crippen LogP contribution in [0.4, 0.5) is 0 Å². The minimum Gasteiger partial charge on any atom is -0.459 e. The Morgan fingerprint density at radius 1 is 1.38 bits per heavy atom. The molecule has 0 saturated carbocycles. The highest BCUT2D eigenvalue weighted by Gasteiger charge is 2.28. The molecule has 88 valence electrons. The zero-order chi connectivity index (χ0) is 11.7. The molecular weight excluding hydrogens is 202 g/mol. The van der Waals surface area contributed by atoms with Crippen molar-refractivity contribution in [3.63, 3.8) is 0 Å². The molecule has 3 nitrogen and oxygen atoms in total. The number of hydrogen-bond donors (Lipinski definition) is 0. The Balaban J connectivity index is 2.13. The van der Waals surface area contributed by atoms with Crippen molar-refractivity contribution in [2.24, 2.45) is 11.8 Å². The molecule has 0 aromatic carbocycles. The molecule has 0 bridgehead atoms. The van der Waals surface area contributed by atoms with Crippen LogP contribution in [0.15, 0.2) is 16.7 Å². The molecule has 0 aliphatic carbocycles. The number of furan rings is 1. The van der Waals surface area contributed by atoms with Gasteiger partial charge in [-0.2, -0.15) is 0 Å². The summed E-state index contributed by atoms with van der Waals surface area (Å²) >= 11 is 0. The Morgan fingerprint density at radius 2 is 2.00 bits per heavy atom. The Morgan fingerprint density at radius 3 is 2.50 bits per heavy atom. The number of nitrogens with zero attached hydrogens (tertiary/aromatic N) is 1. The van der Waals surface area contributed by atoms with E-state index in [-0.39, 0.29) is 5.91 Å². The predicted molar refractivity (Wildman–Crippen MR) is 62.3 cm³/mol. The van der Waals surface area contributed by atoms with Crippen molar-refractivity contribution in [1.82, 2.24) is 4.90 Å². The first-order chi connectivity index (χ1) is 7.58. The van der Waals surface area contributed by atoms with Gasteiger partial charge in [-0.25, -0.2) is 0 Å². The number of aryl methyl sites for hydroxylation is 1. The second-order valence-electron chi connectivity index (χ2n) is 5.09. The van der Waals surface area contributed by atoms with Crippen LogP contribution >= 0.6 is 0 Å². The van der Waals surface area contributed by atoms with Crippen LogP contribution < -0.4 is 0 Å². The van der Waals surface area contributed by atoms with E-state index in [4.69, 9.17) is 4.42 Å². The van der Waals surface area contributed by atoms with Crippen LogP contribution in [0.5, 0.6) is 0 Å². The number of rotatable bonds is 1. The van der Waals surface area contributed by atoms with Crippen molar-refractivity contribution in [3.8, 4) is 0 Å². The van der Waals surface area contributed by atoms with Crippen LogP contribution in [-0.4, -0.2) is 23.9 Å². The maximum absolute atomic E-state index is 12.2. The smallest absolute Gasteiger partial charge is 0.289 e. The number of carbonyl (C=O) groups is 1. The quantitative estimate of drug-likeness (QED) is 0.730. The first-order valence-electron chi connectivity index (χ1n) is 5.91. The van der Waals surface area contributed by atoms with Crippen LogP contribution in [0.3, 0.4) is 0 Å². The van der Waals surface area contributed by atoms with Gasteiger partial charge in [0.2, 0.25) is 0 Å². The van der Waals surface area contributed by atoms with Crippen molar-refractivity contribution >= 4 is 5.91 Å². The molecule has 1 aromatic heterocycles. The average molecular weight is 221 g/mol. The van der Waals surface area contributed by atoms with Crippen molar-refractivity contribution < 1.29 is 9.21 Å². The number of piperidine rings is 1. The summed E-state index contributed by atoms with van der Waals surface area (Å²) in [5, 5.41) is 0. The van der Waals surface area contributed by atoms with Gasteiger partial charge in [0, 0.05) is 18.7 Å². The van der Waals surface area contributed by atoms with Gasteiger partial charge in [-0.1, -0.05) is 13.8 Å². The van der Waals surface area contributed by atoms with Crippen LogP contribution in [0, 0.1) is 18.8 Å². The highest BCUT2D eigenvalue weighted by Crippen LogP contribution is 2.23. The van der Waals surface area contributed by atoms with E-state index in [0.717, 1.165) is 18.7 Å². The molecule has 3 heteroatoms. The fourth-order valence-electron chi connectivity index (χ4n) is 2.56. The largest absolute Gasteiger partial charge is 0.459 e. The van der Waals surface area contributed by atoms with Crippen LogP contribution in [0.25, 0.3) is 0 Å². The lowest BCUT2D eigenvalue weighted by molar-refractivity contribution is 0.0590. The lowest BCUT2D eigenvalue weighted by Crippen LogP contribution is -2.42. The molecule has 1 saturated heterocycles. The molecule has 2 atom stereocenters. The highest BCUT2D eigenvalue weighted by molar-refractivity contribution is 5.92. The second-order valence-corrected chi connectivity index (χ2v) is 5.09. The van der Waals surface area contributed by atoms with Gasteiger partial charge in [0.15, 0.2) is 5.76 Å². The van der Waals surface area contributed by atoms with E-state index in [1.54, 1.807) is 6.26 Å². The standard InChI is InChI=1S/C13H19NO2/c1-9-6-10(2)8-14(7-9)13(15)12-11(3)4-5-16-12/h4-5,9-10H,6-8H2,1-3H3/t9-,10-/m0/s1. The van der Waals surface area contributed by atoms with E-state index < -0.39 is 0 Å². The third-order valence-corrected chi connectivity index (χ3v) is 3.21. The van der Waals surface area contributed by atoms with E-state index >= 15 is 0 Å². The summed E-state index contributed by atoms with van der Waals surface area (Å²) in [5.41, 5.74) is 0.927. The number of hydrogen-bond acceptors (Lipinski definition) is 2. The summed E-state index contributed by atoms with van der Waals surface area (Å²) in [6, 6.07) is 1.84. The van der Waals surface area contributed by atoms with Gasteiger partial charge >= 0.3 is 0 Å². The SMILES string of the molecule is Cc1ccoc1C(=O)N1C[C@@H](C)C[C@H](C)C1. The van der Waals surface area contributed by atoms with E-state index in [9.17, 15) is 4.79 Å². The zero-order valence-corrected chi connectivity index (χ0v) is 10.2. The number of likely N-dealkylation sites (tertiary alicyclic amines) is 1. The third kappa shape index (κ3) is 2.13. The van der Waals surface area contributed by atoms with E-state index in [1.165, 1.54) is 6.42 Å². The molecule has 0 unspecified atom stereocenters. The van der Waals surface area contributed by atoms with Crippen molar-refractivity contribution in [2.75, 3.05) is 13.1 Å². The summed E-state index contributed by atoms with van der Waals surface area (Å²) in [6.07, 6.45) is 2.79. The molecule has 16 heavy (non-hydrogen) atoms. The van der Waals surface area contributed by atoms with Crippen molar-refractivity contribution in [2.45, 2.75) is 27.2 Å². The number of carbonyl (C=O) groups excluding carboxylic acids is 1. The van der Waals surface area contributed by atoms with Gasteiger partial charge in [-0.3, -0.25) is 4.79 Å². The van der Waals surface area contributed by atoms with E-state index in [0.29, 0.717) is 17.6 Å². The minimum atomic E-state index is 0.0425. The Labute approximate surface area is 96.4 Å². The summed E-state index contributed by atoms with van der Waals surface area (Å²) < 4.78 is 5.26. The van der Waals surface area contributed by atoms with Gasteiger partial charge in [-0.15, -0.1) is 0 Å². The van der Waals surface area contributed by atoms with Gasteiger partial charge in [0.25, 0.3) is 5.91 Å². The van der Waals surface area contributed by atoms with Crippen LogP contribution in [0.1, 0.15) is 36.4 Å². The molecule has 1 amide bonds. The molecule has 1 fully saturated rings. The molecule has 0 spiro atoms. The first kappa shape index (κ1) is 11.2. The average Bonchev–Trinajstić information content (AvgIpc) is 2.62. The molecule has 2 heterocycles. The lowest BCUT2D eigenvalue weighted by Gasteiger charge is -2.34. The summed E-state index contributed by atoms with van der Waals surface area (Å²) in [7, 11) is 0. The Kier molecular flexibility index (Phi) is 3.03. The van der Waals surface area contributed by atoms with Gasteiger partial charge in [-0.05, 0) is 31.2 Å². The molecule has 2 rings (SSSR count). The monoisotopic (exact) mass is 221 g/mol. The summed E-state index contributed by atoms with van der Waals surface area (Å²) in [5.74, 6) is 1.72. The molecule has 0 radical (unpaired) electrons. The van der Waals surface area contributed by atoms with Crippen molar-refractivity contribution in [3.05, 3.63) is 23.7 Å². The third-order valence-electron chi connectivity index (χ3n) is 3.21. The maximum atomic E-state index is 12.2. The molecule has 1 aliphatic rings. The minimum absolute atomic E-state index is 0.0425. The van der Waals surface area contributed by atoms with Crippen LogP contribution in [-0.2, 0) is 0 Å².